The van der Waals surface area contributed by atoms with Crippen molar-refractivity contribution >= 4 is 34.9 Å². The summed E-state index contributed by atoms with van der Waals surface area (Å²) in [6.45, 7) is 6.87. The molecule has 37 heavy (non-hydrogen) atoms. The Morgan fingerprint density at radius 1 is 0.838 bits per heavy atom. The minimum Gasteiger partial charge on any atom is -0.368 e. The third kappa shape index (κ3) is 5.22. The number of carbonyl (C=O) groups is 3. The van der Waals surface area contributed by atoms with Crippen LogP contribution >= 0.6 is 11.6 Å². The molecule has 7 nitrogen and oxygen atoms in total. The predicted molar refractivity (Wildman–Crippen MR) is 142 cm³/mol. The van der Waals surface area contributed by atoms with E-state index in [2.05, 4.69) is 46.9 Å². The normalized spacial score (nSPS) is 16.2. The van der Waals surface area contributed by atoms with Crippen molar-refractivity contribution in [3.8, 4) is 0 Å². The van der Waals surface area contributed by atoms with Crippen LogP contribution in [0.3, 0.4) is 0 Å². The van der Waals surface area contributed by atoms with E-state index in [9.17, 15) is 14.4 Å². The SMILES string of the molecule is Cc1ccc(C)c(N2CCN(C(=O)c3ccc4c(c3)=NC(=O)/C(=C/C(=O)c3ccc(Cl)cc3)N=4)CC2)c1. The number of amides is 2. The van der Waals surface area contributed by atoms with Crippen LogP contribution in [0.1, 0.15) is 31.8 Å². The van der Waals surface area contributed by atoms with E-state index in [-0.39, 0.29) is 17.4 Å². The number of aryl methyl sites for hydroxylation is 2. The highest BCUT2D eigenvalue weighted by Crippen LogP contribution is 2.23. The second-order valence-electron chi connectivity index (χ2n) is 9.20. The number of piperazine rings is 1. The molecule has 1 saturated heterocycles. The van der Waals surface area contributed by atoms with Crippen LogP contribution in [-0.4, -0.2) is 48.7 Å². The summed E-state index contributed by atoms with van der Waals surface area (Å²) < 4.78 is 0. The third-order valence-electron chi connectivity index (χ3n) is 6.57. The fraction of sp³-hybridized carbons (Fsp3) is 0.207. The quantitative estimate of drug-likeness (QED) is 0.396. The van der Waals surface area contributed by atoms with Gasteiger partial charge in [0.15, 0.2) is 5.78 Å². The number of hydrogen-bond donors (Lipinski definition) is 0. The molecule has 2 aliphatic rings. The molecule has 3 aromatic rings. The first-order chi connectivity index (χ1) is 17.8. The molecule has 0 spiro atoms. The van der Waals surface area contributed by atoms with Gasteiger partial charge in [-0.05, 0) is 73.5 Å². The summed E-state index contributed by atoms with van der Waals surface area (Å²) in [4.78, 5) is 50.9. The average Bonchev–Trinajstić information content (AvgIpc) is 2.90. The molecule has 2 heterocycles. The lowest BCUT2D eigenvalue weighted by Crippen LogP contribution is -2.49. The molecule has 2 aliphatic heterocycles. The first kappa shape index (κ1) is 24.6. The van der Waals surface area contributed by atoms with Crippen LogP contribution in [0.5, 0.6) is 0 Å². The largest absolute Gasteiger partial charge is 0.368 e. The molecule has 2 amide bonds. The Bertz CT molecular complexity index is 1570. The molecule has 0 radical (unpaired) electrons. The van der Waals surface area contributed by atoms with Gasteiger partial charge in [-0.2, -0.15) is 0 Å². The van der Waals surface area contributed by atoms with E-state index < -0.39 is 5.91 Å². The Hall–Kier alpha value is -4.10. The second kappa shape index (κ2) is 10.1. The molecule has 0 unspecified atom stereocenters. The van der Waals surface area contributed by atoms with Crippen molar-refractivity contribution in [3.63, 3.8) is 0 Å². The first-order valence-electron chi connectivity index (χ1n) is 12.0. The predicted octanol–water partition coefficient (Wildman–Crippen LogP) is 3.47. The van der Waals surface area contributed by atoms with E-state index in [0.717, 1.165) is 13.1 Å². The minimum absolute atomic E-state index is 0.0471. The summed E-state index contributed by atoms with van der Waals surface area (Å²) in [6.07, 6.45) is 1.17. The van der Waals surface area contributed by atoms with Crippen molar-refractivity contribution in [2.45, 2.75) is 13.8 Å². The standard InChI is InChI=1S/C29H25ClN4O3/c1-18-3-4-19(2)26(15-18)33-11-13-34(14-12-33)29(37)21-7-10-23-24(16-21)32-28(36)25(31-23)17-27(35)20-5-8-22(30)9-6-20/h3-10,15-17H,11-14H2,1-2H3/b25-17-. The Morgan fingerprint density at radius 3 is 2.27 bits per heavy atom. The molecule has 0 atom stereocenters. The molecule has 186 valence electrons. The van der Waals surface area contributed by atoms with Gasteiger partial charge < -0.3 is 9.80 Å². The number of allylic oxidation sites excluding steroid dienone is 1. The smallest absolute Gasteiger partial charge is 0.296 e. The zero-order valence-electron chi connectivity index (χ0n) is 20.6. The molecule has 5 rings (SSSR count). The van der Waals surface area contributed by atoms with Crippen LogP contribution in [0, 0.1) is 13.8 Å². The lowest BCUT2D eigenvalue weighted by atomic mass is 10.1. The Balaban J connectivity index is 1.31. The maximum absolute atomic E-state index is 13.2. The average molecular weight is 513 g/mol. The fourth-order valence-electron chi connectivity index (χ4n) is 4.49. The number of hydrogen-bond acceptors (Lipinski definition) is 5. The molecule has 1 fully saturated rings. The highest BCUT2D eigenvalue weighted by atomic mass is 35.5. The molecule has 0 aromatic heterocycles. The molecule has 0 bridgehead atoms. The van der Waals surface area contributed by atoms with Crippen molar-refractivity contribution in [2.75, 3.05) is 31.1 Å². The fourth-order valence-corrected chi connectivity index (χ4v) is 4.62. The van der Waals surface area contributed by atoms with E-state index in [1.54, 1.807) is 42.5 Å². The second-order valence-corrected chi connectivity index (χ2v) is 9.64. The summed E-state index contributed by atoms with van der Waals surface area (Å²) in [5, 5.41) is 1.27. The Morgan fingerprint density at radius 2 is 1.54 bits per heavy atom. The van der Waals surface area contributed by atoms with Gasteiger partial charge in [0.25, 0.3) is 11.8 Å². The highest BCUT2D eigenvalue weighted by molar-refractivity contribution is 6.30. The van der Waals surface area contributed by atoms with Gasteiger partial charge in [-0.3, -0.25) is 14.4 Å². The van der Waals surface area contributed by atoms with Gasteiger partial charge in [0.1, 0.15) is 5.70 Å². The number of benzene rings is 3. The van der Waals surface area contributed by atoms with E-state index in [1.807, 2.05) is 4.90 Å². The first-order valence-corrected chi connectivity index (χ1v) is 12.4. The molecular formula is C29H25ClN4O3. The topological polar surface area (TPSA) is 82.4 Å². The highest BCUT2D eigenvalue weighted by Gasteiger charge is 2.24. The lowest BCUT2D eigenvalue weighted by Gasteiger charge is -2.37. The van der Waals surface area contributed by atoms with Crippen LogP contribution < -0.4 is 15.6 Å². The lowest BCUT2D eigenvalue weighted by molar-refractivity contribution is -0.114. The number of rotatable bonds is 4. The van der Waals surface area contributed by atoms with Crippen LogP contribution in [-0.2, 0) is 4.79 Å². The van der Waals surface area contributed by atoms with Crippen molar-refractivity contribution in [3.05, 3.63) is 110 Å². The van der Waals surface area contributed by atoms with Gasteiger partial charge in [0.2, 0.25) is 0 Å². The number of fused-ring (bicyclic) bond motifs is 1. The van der Waals surface area contributed by atoms with E-state index in [1.165, 1.54) is 22.9 Å². The number of ketones is 1. The summed E-state index contributed by atoms with van der Waals surface area (Å²) in [6, 6.07) is 17.7. The summed E-state index contributed by atoms with van der Waals surface area (Å²) in [5.74, 6) is -1.10. The van der Waals surface area contributed by atoms with Crippen molar-refractivity contribution in [1.29, 1.82) is 0 Å². The van der Waals surface area contributed by atoms with Crippen LogP contribution in [0.2, 0.25) is 5.02 Å². The molecule has 0 aliphatic carbocycles. The van der Waals surface area contributed by atoms with E-state index >= 15 is 0 Å². The molecule has 0 saturated carbocycles. The summed E-state index contributed by atoms with van der Waals surface area (Å²) in [5.41, 5.74) is 4.44. The minimum atomic E-state index is -0.624. The molecule has 0 N–H and O–H groups in total. The van der Waals surface area contributed by atoms with Gasteiger partial charge in [0, 0.05) is 54.1 Å². The van der Waals surface area contributed by atoms with Crippen LogP contribution in [0.25, 0.3) is 0 Å². The van der Waals surface area contributed by atoms with Gasteiger partial charge in [0.05, 0.1) is 10.7 Å². The summed E-state index contributed by atoms with van der Waals surface area (Å²) in [7, 11) is 0. The number of carbonyl (C=O) groups excluding carboxylic acids is 3. The number of halogens is 1. The number of anilines is 1. The third-order valence-corrected chi connectivity index (χ3v) is 6.83. The van der Waals surface area contributed by atoms with Gasteiger partial charge in [-0.25, -0.2) is 9.98 Å². The number of nitrogens with zero attached hydrogens (tertiary/aromatic N) is 4. The van der Waals surface area contributed by atoms with Crippen molar-refractivity contribution < 1.29 is 14.4 Å². The van der Waals surface area contributed by atoms with Crippen LogP contribution in [0.4, 0.5) is 5.69 Å². The van der Waals surface area contributed by atoms with E-state index in [0.29, 0.717) is 40.0 Å². The Labute approximate surface area is 219 Å². The van der Waals surface area contributed by atoms with Crippen LogP contribution in [0.15, 0.2) is 82.4 Å². The maximum atomic E-state index is 13.2. The maximum Gasteiger partial charge on any atom is 0.296 e. The van der Waals surface area contributed by atoms with Crippen molar-refractivity contribution in [1.82, 2.24) is 4.90 Å². The molecule has 8 heteroatoms. The summed E-state index contributed by atoms with van der Waals surface area (Å²) >= 11 is 5.87. The zero-order chi connectivity index (χ0) is 26.1. The monoisotopic (exact) mass is 512 g/mol. The zero-order valence-corrected chi connectivity index (χ0v) is 21.3. The van der Waals surface area contributed by atoms with Gasteiger partial charge in [-0.15, -0.1) is 0 Å². The molecule has 3 aromatic carbocycles. The Kier molecular flexibility index (Phi) is 6.72. The van der Waals surface area contributed by atoms with Gasteiger partial charge in [-0.1, -0.05) is 23.7 Å². The van der Waals surface area contributed by atoms with Gasteiger partial charge >= 0.3 is 0 Å². The molecular weight excluding hydrogens is 488 g/mol. The van der Waals surface area contributed by atoms with Crippen molar-refractivity contribution in [2.24, 2.45) is 9.98 Å². The van der Waals surface area contributed by atoms with E-state index in [4.69, 9.17) is 11.6 Å².